The molecule has 4 nitrogen and oxygen atoms in total. The summed E-state index contributed by atoms with van der Waals surface area (Å²) in [5.74, 6) is -0.230. The molecule has 22 heavy (non-hydrogen) atoms. The first kappa shape index (κ1) is 21.4. The first-order chi connectivity index (χ1) is 10.8. The van der Waals surface area contributed by atoms with E-state index in [9.17, 15) is 4.79 Å². The number of carbonyl (C=O) groups excluding carboxylic acids is 1. The monoisotopic (exact) mass is 316 g/mol. The highest BCUT2D eigenvalue weighted by atomic mass is 16.5. The molecule has 0 rings (SSSR count). The molecule has 0 aliphatic heterocycles. The summed E-state index contributed by atoms with van der Waals surface area (Å²) in [6.45, 7) is 4.65. The van der Waals surface area contributed by atoms with Gasteiger partial charge in [-0.25, -0.2) is 0 Å². The SMILES string of the molecule is CCCCCCCCCCCCOCCOCCC(=O)OC. The molecule has 0 atom stereocenters. The third-order valence-corrected chi connectivity index (χ3v) is 3.69. The second kappa shape index (κ2) is 18.4. The topological polar surface area (TPSA) is 44.8 Å². The Morgan fingerprint density at radius 1 is 0.682 bits per heavy atom. The van der Waals surface area contributed by atoms with Crippen LogP contribution in [0.25, 0.3) is 0 Å². The number of ether oxygens (including phenoxy) is 3. The second-order valence-corrected chi connectivity index (χ2v) is 5.73. The van der Waals surface area contributed by atoms with Crippen LogP contribution in [0.1, 0.15) is 77.6 Å². The maximum absolute atomic E-state index is 10.8. The van der Waals surface area contributed by atoms with Gasteiger partial charge in [0.25, 0.3) is 0 Å². The summed E-state index contributed by atoms with van der Waals surface area (Å²) < 4.78 is 15.3. The van der Waals surface area contributed by atoms with E-state index >= 15 is 0 Å². The fourth-order valence-corrected chi connectivity index (χ4v) is 2.27. The van der Waals surface area contributed by atoms with Crippen LogP contribution in [-0.4, -0.2) is 39.5 Å². The van der Waals surface area contributed by atoms with Crippen molar-refractivity contribution in [2.24, 2.45) is 0 Å². The zero-order valence-corrected chi connectivity index (χ0v) is 14.7. The predicted octanol–water partition coefficient (Wildman–Crippen LogP) is 4.50. The summed E-state index contributed by atoms with van der Waals surface area (Å²) in [4.78, 5) is 10.8. The molecule has 0 saturated carbocycles. The van der Waals surface area contributed by atoms with Crippen molar-refractivity contribution in [2.75, 3.05) is 33.5 Å². The lowest BCUT2D eigenvalue weighted by Gasteiger charge is -2.05. The summed E-state index contributed by atoms with van der Waals surface area (Å²) >= 11 is 0. The Morgan fingerprint density at radius 3 is 1.73 bits per heavy atom. The lowest BCUT2D eigenvalue weighted by atomic mass is 10.1. The van der Waals surface area contributed by atoms with Crippen LogP contribution in [0.15, 0.2) is 0 Å². The average Bonchev–Trinajstić information content (AvgIpc) is 2.54. The zero-order valence-electron chi connectivity index (χ0n) is 14.7. The third kappa shape index (κ3) is 17.4. The first-order valence-corrected chi connectivity index (χ1v) is 9.03. The van der Waals surface area contributed by atoms with E-state index in [0.29, 0.717) is 26.2 Å². The Bertz CT molecular complexity index is 231. The minimum Gasteiger partial charge on any atom is -0.469 e. The third-order valence-electron chi connectivity index (χ3n) is 3.69. The Labute approximate surface area is 136 Å². The van der Waals surface area contributed by atoms with Gasteiger partial charge in [-0.1, -0.05) is 64.7 Å². The fraction of sp³-hybridized carbons (Fsp3) is 0.944. The van der Waals surface area contributed by atoms with Crippen molar-refractivity contribution in [2.45, 2.75) is 77.6 Å². The van der Waals surface area contributed by atoms with Crippen molar-refractivity contribution < 1.29 is 19.0 Å². The smallest absolute Gasteiger partial charge is 0.307 e. The van der Waals surface area contributed by atoms with Gasteiger partial charge in [0.1, 0.15) is 0 Å². The molecule has 0 aromatic rings. The molecular weight excluding hydrogens is 280 g/mol. The van der Waals surface area contributed by atoms with Crippen LogP contribution in [0.3, 0.4) is 0 Å². The second-order valence-electron chi connectivity index (χ2n) is 5.73. The lowest BCUT2D eigenvalue weighted by Crippen LogP contribution is -2.09. The van der Waals surface area contributed by atoms with E-state index in [0.717, 1.165) is 13.0 Å². The molecule has 0 bridgehead atoms. The largest absolute Gasteiger partial charge is 0.469 e. The van der Waals surface area contributed by atoms with Crippen LogP contribution in [0.2, 0.25) is 0 Å². The zero-order chi connectivity index (χ0) is 16.3. The van der Waals surface area contributed by atoms with Gasteiger partial charge in [0.2, 0.25) is 0 Å². The molecule has 0 spiro atoms. The predicted molar refractivity (Wildman–Crippen MR) is 90.1 cm³/mol. The van der Waals surface area contributed by atoms with Crippen LogP contribution < -0.4 is 0 Å². The molecule has 0 N–H and O–H groups in total. The van der Waals surface area contributed by atoms with E-state index in [1.165, 1.54) is 64.9 Å². The van der Waals surface area contributed by atoms with Gasteiger partial charge in [0, 0.05) is 6.61 Å². The van der Waals surface area contributed by atoms with E-state index in [2.05, 4.69) is 11.7 Å². The normalized spacial score (nSPS) is 10.8. The quantitative estimate of drug-likeness (QED) is 0.293. The van der Waals surface area contributed by atoms with Gasteiger partial charge in [-0.05, 0) is 6.42 Å². The number of hydrogen-bond donors (Lipinski definition) is 0. The number of carbonyl (C=O) groups is 1. The van der Waals surface area contributed by atoms with Gasteiger partial charge in [-0.15, -0.1) is 0 Å². The Hall–Kier alpha value is -0.610. The van der Waals surface area contributed by atoms with Crippen LogP contribution >= 0.6 is 0 Å². The summed E-state index contributed by atoms with van der Waals surface area (Å²) in [6, 6.07) is 0. The van der Waals surface area contributed by atoms with Gasteiger partial charge in [0.05, 0.1) is 33.4 Å². The molecule has 132 valence electrons. The number of unbranched alkanes of at least 4 members (excludes halogenated alkanes) is 9. The molecule has 0 aromatic carbocycles. The van der Waals surface area contributed by atoms with E-state index in [1.54, 1.807) is 0 Å². The number of hydrogen-bond acceptors (Lipinski definition) is 4. The summed E-state index contributed by atoms with van der Waals surface area (Å²) in [5.41, 5.74) is 0. The summed E-state index contributed by atoms with van der Waals surface area (Å²) in [5, 5.41) is 0. The molecule has 0 fully saturated rings. The van der Waals surface area contributed by atoms with Crippen LogP contribution in [0, 0.1) is 0 Å². The molecule has 0 aromatic heterocycles. The maximum Gasteiger partial charge on any atom is 0.307 e. The Morgan fingerprint density at radius 2 is 1.18 bits per heavy atom. The highest BCUT2D eigenvalue weighted by Gasteiger charge is 1.99. The van der Waals surface area contributed by atoms with Crippen LogP contribution in [0.4, 0.5) is 0 Å². The fourth-order valence-electron chi connectivity index (χ4n) is 2.27. The number of esters is 1. The van der Waals surface area contributed by atoms with Gasteiger partial charge < -0.3 is 14.2 Å². The highest BCUT2D eigenvalue weighted by Crippen LogP contribution is 2.10. The summed E-state index contributed by atoms with van der Waals surface area (Å²) in [7, 11) is 1.39. The van der Waals surface area contributed by atoms with Crippen molar-refractivity contribution in [3.05, 3.63) is 0 Å². The van der Waals surface area contributed by atoms with E-state index in [4.69, 9.17) is 9.47 Å². The van der Waals surface area contributed by atoms with Gasteiger partial charge in [-0.2, -0.15) is 0 Å². The van der Waals surface area contributed by atoms with Crippen molar-refractivity contribution in [3.8, 4) is 0 Å². The van der Waals surface area contributed by atoms with Gasteiger partial charge >= 0.3 is 5.97 Å². The molecule has 0 amide bonds. The van der Waals surface area contributed by atoms with Crippen molar-refractivity contribution in [1.82, 2.24) is 0 Å². The van der Waals surface area contributed by atoms with Crippen molar-refractivity contribution >= 4 is 5.97 Å². The minimum atomic E-state index is -0.230. The molecule has 0 aliphatic carbocycles. The summed E-state index contributed by atoms with van der Waals surface area (Å²) in [6.07, 6.45) is 13.7. The maximum atomic E-state index is 10.8. The molecule has 0 heterocycles. The Kier molecular flexibility index (Phi) is 17.9. The average molecular weight is 316 g/mol. The van der Waals surface area contributed by atoms with E-state index in [-0.39, 0.29) is 5.97 Å². The van der Waals surface area contributed by atoms with Gasteiger partial charge in [0.15, 0.2) is 0 Å². The molecule has 0 aliphatic rings. The lowest BCUT2D eigenvalue weighted by molar-refractivity contribution is -0.141. The number of methoxy groups -OCH3 is 1. The Balaban J connectivity index is 2.98. The van der Waals surface area contributed by atoms with Crippen molar-refractivity contribution in [1.29, 1.82) is 0 Å². The van der Waals surface area contributed by atoms with E-state index in [1.807, 2.05) is 0 Å². The molecule has 0 unspecified atom stereocenters. The minimum absolute atomic E-state index is 0.230. The molecule has 0 radical (unpaired) electrons. The first-order valence-electron chi connectivity index (χ1n) is 9.03. The standard InChI is InChI=1S/C18H36O4/c1-3-4-5-6-7-8-9-10-11-12-14-21-16-17-22-15-13-18(19)20-2/h3-17H2,1-2H3. The molecular formula is C18H36O4. The van der Waals surface area contributed by atoms with Crippen LogP contribution in [0.5, 0.6) is 0 Å². The van der Waals surface area contributed by atoms with E-state index < -0.39 is 0 Å². The van der Waals surface area contributed by atoms with Crippen LogP contribution in [-0.2, 0) is 19.0 Å². The number of rotatable bonds is 17. The molecule has 4 heteroatoms. The highest BCUT2D eigenvalue weighted by molar-refractivity contribution is 5.69. The van der Waals surface area contributed by atoms with Gasteiger partial charge in [-0.3, -0.25) is 4.79 Å². The van der Waals surface area contributed by atoms with Crippen molar-refractivity contribution in [3.63, 3.8) is 0 Å². The molecule has 0 saturated heterocycles.